The van der Waals surface area contributed by atoms with E-state index in [0.29, 0.717) is 43.6 Å². The summed E-state index contributed by atoms with van der Waals surface area (Å²) in [6.45, 7) is 5.88. The van der Waals surface area contributed by atoms with E-state index in [0.717, 1.165) is 23.5 Å². The first-order chi connectivity index (χ1) is 15.4. The molecule has 2 amide bonds. The predicted molar refractivity (Wildman–Crippen MR) is 118 cm³/mol. The molecule has 3 heterocycles. The van der Waals surface area contributed by atoms with Crippen molar-refractivity contribution in [1.29, 1.82) is 0 Å². The summed E-state index contributed by atoms with van der Waals surface area (Å²) < 4.78 is 26.4. The van der Waals surface area contributed by atoms with E-state index in [4.69, 9.17) is 0 Å². The van der Waals surface area contributed by atoms with Crippen LogP contribution in [0.3, 0.4) is 0 Å². The maximum atomic E-state index is 13.4. The van der Waals surface area contributed by atoms with Crippen molar-refractivity contribution in [2.45, 2.75) is 13.8 Å². The maximum Gasteiger partial charge on any atom is 0.321 e. The molecule has 0 atom stereocenters. The molecule has 0 unspecified atom stereocenters. The Bertz CT molecular complexity index is 1130. The molecule has 0 radical (unpaired) electrons. The number of amides is 2. The molecule has 3 aromatic rings. The fourth-order valence-electron chi connectivity index (χ4n) is 3.43. The van der Waals surface area contributed by atoms with Crippen LogP contribution in [0.2, 0.25) is 0 Å². The number of carbonyl (C=O) groups excluding carboxylic acids is 1. The van der Waals surface area contributed by atoms with Gasteiger partial charge >= 0.3 is 6.03 Å². The molecular formula is C22H23F2N7O. The van der Waals surface area contributed by atoms with Gasteiger partial charge in [0.05, 0.1) is 0 Å². The van der Waals surface area contributed by atoms with Crippen LogP contribution in [-0.4, -0.2) is 52.1 Å². The van der Waals surface area contributed by atoms with Gasteiger partial charge in [-0.2, -0.15) is 0 Å². The summed E-state index contributed by atoms with van der Waals surface area (Å²) in [5.41, 5.74) is 1.30. The monoisotopic (exact) mass is 439 g/mol. The van der Waals surface area contributed by atoms with Crippen molar-refractivity contribution in [3.05, 3.63) is 65.6 Å². The highest BCUT2D eigenvalue weighted by Crippen LogP contribution is 2.21. The highest BCUT2D eigenvalue weighted by Gasteiger charge is 2.23. The van der Waals surface area contributed by atoms with Gasteiger partial charge < -0.3 is 20.4 Å². The van der Waals surface area contributed by atoms with Crippen molar-refractivity contribution < 1.29 is 13.6 Å². The number of nitrogens with zero attached hydrogens (tertiary/aromatic N) is 5. The van der Waals surface area contributed by atoms with Crippen molar-refractivity contribution in [3.63, 3.8) is 0 Å². The van der Waals surface area contributed by atoms with Crippen molar-refractivity contribution in [3.8, 4) is 0 Å². The van der Waals surface area contributed by atoms with E-state index in [1.54, 1.807) is 11.1 Å². The lowest BCUT2D eigenvalue weighted by Gasteiger charge is -2.35. The van der Waals surface area contributed by atoms with Gasteiger partial charge in [-0.1, -0.05) is 0 Å². The number of hydrogen-bond acceptors (Lipinski definition) is 6. The van der Waals surface area contributed by atoms with Crippen LogP contribution in [0, 0.1) is 25.5 Å². The Morgan fingerprint density at radius 2 is 1.72 bits per heavy atom. The summed E-state index contributed by atoms with van der Waals surface area (Å²) in [4.78, 5) is 29.5. The van der Waals surface area contributed by atoms with Crippen molar-refractivity contribution in [1.82, 2.24) is 19.9 Å². The SMILES string of the molecule is Cc1ccnc(Nc2cc(N3CCN(C(=O)Nc4ccc(F)c(F)c4)CC3)nc(C)n2)c1. The Kier molecular flexibility index (Phi) is 6.11. The van der Waals surface area contributed by atoms with Gasteiger partial charge in [-0.3, -0.25) is 0 Å². The number of hydrogen-bond donors (Lipinski definition) is 2. The normalized spacial score (nSPS) is 13.8. The third-order valence-corrected chi connectivity index (χ3v) is 5.06. The molecule has 1 fully saturated rings. The number of piperazine rings is 1. The first kappa shape index (κ1) is 21.4. The van der Waals surface area contributed by atoms with Gasteiger partial charge in [0.25, 0.3) is 0 Å². The quantitative estimate of drug-likeness (QED) is 0.642. The highest BCUT2D eigenvalue weighted by molar-refractivity contribution is 5.89. The van der Waals surface area contributed by atoms with Gasteiger partial charge in [0.15, 0.2) is 11.6 Å². The van der Waals surface area contributed by atoms with Crippen LogP contribution in [0.4, 0.5) is 36.7 Å². The van der Waals surface area contributed by atoms with E-state index in [-0.39, 0.29) is 11.7 Å². The lowest BCUT2D eigenvalue weighted by molar-refractivity contribution is 0.208. The highest BCUT2D eigenvalue weighted by atomic mass is 19.2. The molecule has 0 aliphatic carbocycles. The molecule has 8 nitrogen and oxygen atoms in total. The maximum absolute atomic E-state index is 13.4. The number of carbonyl (C=O) groups is 1. The van der Waals surface area contributed by atoms with E-state index >= 15 is 0 Å². The number of nitrogens with one attached hydrogen (secondary N) is 2. The van der Waals surface area contributed by atoms with Crippen LogP contribution in [0.15, 0.2) is 42.6 Å². The molecule has 0 spiro atoms. The minimum absolute atomic E-state index is 0.211. The number of aryl methyl sites for hydroxylation is 2. The number of anilines is 4. The molecule has 2 aromatic heterocycles. The van der Waals surface area contributed by atoms with Crippen LogP contribution >= 0.6 is 0 Å². The van der Waals surface area contributed by atoms with Gasteiger partial charge in [0.2, 0.25) is 0 Å². The fraction of sp³-hybridized carbons (Fsp3) is 0.273. The van der Waals surface area contributed by atoms with Crippen molar-refractivity contribution in [2.24, 2.45) is 0 Å². The third-order valence-electron chi connectivity index (χ3n) is 5.06. The lowest BCUT2D eigenvalue weighted by atomic mass is 10.3. The first-order valence-corrected chi connectivity index (χ1v) is 10.2. The van der Waals surface area contributed by atoms with Crippen LogP contribution in [0.25, 0.3) is 0 Å². The van der Waals surface area contributed by atoms with Crippen molar-refractivity contribution >= 4 is 29.2 Å². The predicted octanol–water partition coefficient (Wildman–Crippen LogP) is 3.86. The topological polar surface area (TPSA) is 86.3 Å². The molecule has 1 aromatic carbocycles. The Hall–Kier alpha value is -3.82. The van der Waals surface area contributed by atoms with Gasteiger partial charge in [0, 0.05) is 50.2 Å². The zero-order valence-electron chi connectivity index (χ0n) is 17.8. The van der Waals surface area contributed by atoms with E-state index in [1.165, 1.54) is 6.07 Å². The summed E-state index contributed by atoms with van der Waals surface area (Å²) in [7, 11) is 0. The first-order valence-electron chi connectivity index (χ1n) is 10.2. The molecule has 1 saturated heterocycles. The minimum atomic E-state index is -1.00. The summed E-state index contributed by atoms with van der Waals surface area (Å²) in [6.07, 6.45) is 1.73. The van der Waals surface area contributed by atoms with E-state index in [2.05, 4.69) is 30.5 Å². The Labute approximate surface area is 184 Å². The second-order valence-electron chi connectivity index (χ2n) is 7.54. The second-order valence-corrected chi connectivity index (χ2v) is 7.54. The Balaban J connectivity index is 1.38. The van der Waals surface area contributed by atoms with Crippen LogP contribution in [0.5, 0.6) is 0 Å². The lowest BCUT2D eigenvalue weighted by Crippen LogP contribution is -2.50. The van der Waals surface area contributed by atoms with Gasteiger partial charge in [0.1, 0.15) is 23.3 Å². The molecule has 1 aliphatic heterocycles. The molecule has 32 heavy (non-hydrogen) atoms. The molecule has 0 bridgehead atoms. The molecule has 166 valence electrons. The van der Waals surface area contributed by atoms with Crippen LogP contribution < -0.4 is 15.5 Å². The number of pyridine rings is 1. The second kappa shape index (κ2) is 9.13. The summed E-state index contributed by atoms with van der Waals surface area (Å²) >= 11 is 0. The number of halogens is 2. The van der Waals surface area contributed by atoms with Crippen molar-refractivity contribution in [2.75, 3.05) is 41.7 Å². The number of benzene rings is 1. The fourth-order valence-corrected chi connectivity index (χ4v) is 3.43. The summed E-state index contributed by atoms with van der Waals surface area (Å²) in [6, 6.07) is 8.62. The standard InChI is InChI=1S/C22H23F2N7O/c1-14-5-6-25-19(11-14)29-20-13-21(27-15(2)26-20)30-7-9-31(10-8-30)22(32)28-16-3-4-17(23)18(24)12-16/h3-6,11-13H,7-10H2,1-2H3,(H,28,32)(H,25,26,27,29). The number of urea groups is 1. The molecular weight excluding hydrogens is 416 g/mol. The van der Waals surface area contributed by atoms with Gasteiger partial charge in [-0.05, 0) is 43.7 Å². The molecule has 10 heteroatoms. The molecule has 4 rings (SSSR count). The summed E-state index contributed by atoms with van der Waals surface area (Å²) in [5, 5.41) is 5.81. The average molecular weight is 439 g/mol. The van der Waals surface area contributed by atoms with Crippen LogP contribution in [-0.2, 0) is 0 Å². The van der Waals surface area contributed by atoms with E-state index < -0.39 is 11.6 Å². The smallest absolute Gasteiger partial charge is 0.321 e. The summed E-state index contributed by atoms with van der Waals surface area (Å²) in [5.74, 6) is 0.766. The van der Waals surface area contributed by atoms with Gasteiger partial charge in [-0.25, -0.2) is 28.5 Å². The number of rotatable bonds is 4. The molecule has 2 N–H and O–H groups in total. The minimum Gasteiger partial charge on any atom is -0.353 e. The Morgan fingerprint density at radius 1 is 0.938 bits per heavy atom. The zero-order chi connectivity index (χ0) is 22.7. The largest absolute Gasteiger partial charge is 0.353 e. The van der Waals surface area contributed by atoms with Gasteiger partial charge in [-0.15, -0.1) is 0 Å². The number of aromatic nitrogens is 3. The third kappa shape index (κ3) is 5.08. The molecule has 0 saturated carbocycles. The zero-order valence-corrected chi connectivity index (χ0v) is 17.8. The molecule has 1 aliphatic rings. The van der Waals surface area contributed by atoms with E-state index in [1.807, 2.05) is 32.0 Å². The average Bonchev–Trinajstić information content (AvgIpc) is 2.76. The Morgan fingerprint density at radius 3 is 2.44 bits per heavy atom. The van der Waals surface area contributed by atoms with E-state index in [9.17, 15) is 13.6 Å². The van der Waals surface area contributed by atoms with Crippen LogP contribution in [0.1, 0.15) is 11.4 Å².